The Kier molecular flexibility index (Phi) is 3.74. The van der Waals surface area contributed by atoms with Crippen molar-refractivity contribution in [2.45, 2.75) is 21.3 Å². The number of carboxylic acid groups (broad SMARTS) is 1. The highest BCUT2D eigenvalue weighted by Gasteiger charge is 2.14. The van der Waals surface area contributed by atoms with Gasteiger partial charge in [0.05, 0.1) is 5.57 Å². The summed E-state index contributed by atoms with van der Waals surface area (Å²) in [6, 6.07) is 0. The van der Waals surface area contributed by atoms with Crippen LogP contribution in [0.4, 0.5) is 0 Å². The Hall–Kier alpha value is -1.05. The van der Waals surface area contributed by atoms with Gasteiger partial charge in [-0.25, -0.2) is 4.79 Å². The second-order valence-corrected chi connectivity index (χ2v) is 3.00. The average molecular weight is 168 g/mol. The first kappa shape index (κ1) is 11.0. The van der Waals surface area contributed by atoms with E-state index in [-0.39, 0.29) is 7.43 Å². The Morgan fingerprint density at radius 1 is 1.42 bits per heavy atom. The molecular formula is C10H16O2. The Morgan fingerprint density at radius 2 is 2.00 bits per heavy atom. The molecule has 0 spiro atoms. The maximum atomic E-state index is 10.5. The lowest BCUT2D eigenvalue weighted by molar-refractivity contribution is -0.132. The molecule has 1 aliphatic rings. The number of allylic oxidation sites excluding steroid dienone is 2. The van der Waals surface area contributed by atoms with Crippen molar-refractivity contribution in [2.24, 2.45) is 11.8 Å². The highest BCUT2D eigenvalue weighted by atomic mass is 16.4. The van der Waals surface area contributed by atoms with Gasteiger partial charge in [0, 0.05) is 0 Å². The van der Waals surface area contributed by atoms with Crippen molar-refractivity contribution >= 4 is 5.97 Å². The molecule has 2 unspecified atom stereocenters. The molecule has 0 saturated carbocycles. The molecule has 12 heavy (non-hydrogen) atoms. The number of hydrogen-bond acceptors (Lipinski definition) is 1. The molecule has 1 N–H and O–H groups in total. The second kappa shape index (κ2) is 4.10. The number of carboxylic acids is 1. The van der Waals surface area contributed by atoms with Gasteiger partial charge in [-0.15, -0.1) is 0 Å². The zero-order valence-corrected chi connectivity index (χ0v) is 6.74. The minimum Gasteiger partial charge on any atom is -0.478 e. The van der Waals surface area contributed by atoms with Gasteiger partial charge in [-0.05, 0) is 11.8 Å². The van der Waals surface area contributed by atoms with Crippen LogP contribution in [0.15, 0.2) is 23.8 Å². The highest BCUT2D eigenvalue weighted by molar-refractivity contribution is 5.90. The minimum atomic E-state index is -0.833. The quantitative estimate of drug-likeness (QED) is 0.653. The molecule has 2 atom stereocenters. The topological polar surface area (TPSA) is 37.3 Å². The second-order valence-electron chi connectivity index (χ2n) is 3.00. The minimum absolute atomic E-state index is 0. The highest BCUT2D eigenvalue weighted by Crippen LogP contribution is 2.21. The van der Waals surface area contributed by atoms with Crippen molar-refractivity contribution in [3.63, 3.8) is 0 Å². The van der Waals surface area contributed by atoms with Crippen molar-refractivity contribution < 1.29 is 9.90 Å². The predicted molar refractivity (Wildman–Crippen MR) is 49.9 cm³/mol. The number of aliphatic carboxylic acids is 1. The fourth-order valence-electron chi connectivity index (χ4n) is 1.06. The van der Waals surface area contributed by atoms with Crippen molar-refractivity contribution in [1.82, 2.24) is 0 Å². The molecule has 0 aliphatic heterocycles. The van der Waals surface area contributed by atoms with E-state index in [2.05, 4.69) is 6.92 Å². The van der Waals surface area contributed by atoms with Crippen LogP contribution in [0.3, 0.4) is 0 Å². The van der Waals surface area contributed by atoms with E-state index >= 15 is 0 Å². The lowest BCUT2D eigenvalue weighted by Crippen LogP contribution is -2.10. The van der Waals surface area contributed by atoms with Gasteiger partial charge in [-0.2, -0.15) is 0 Å². The Bertz CT molecular complexity index is 226. The first-order valence-corrected chi connectivity index (χ1v) is 3.74. The van der Waals surface area contributed by atoms with Gasteiger partial charge >= 0.3 is 5.97 Å². The van der Waals surface area contributed by atoms with Crippen LogP contribution in [0, 0.1) is 11.8 Å². The summed E-state index contributed by atoms with van der Waals surface area (Å²) in [5, 5.41) is 8.62. The summed E-state index contributed by atoms with van der Waals surface area (Å²) in [4.78, 5) is 10.5. The van der Waals surface area contributed by atoms with Gasteiger partial charge in [-0.1, -0.05) is 39.5 Å². The van der Waals surface area contributed by atoms with Crippen LogP contribution in [0.1, 0.15) is 21.3 Å². The summed E-state index contributed by atoms with van der Waals surface area (Å²) < 4.78 is 0. The fourth-order valence-corrected chi connectivity index (χ4v) is 1.06. The normalized spacial score (nSPS) is 27.3. The van der Waals surface area contributed by atoms with Crippen LogP contribution in [-0.4, -0.2) is 11.1 Å². The van der Waals surface area contributed by atoms with Gasteiger partial charge in [0.25, 0.3) is 0 Å². The van der Waals surface area contributed by atoms with Crippen molar-refractivity contribution in [2.75, 3.05) is 0 Å². The van der Waals surface area contributed by atoms with Gasteiger partial charge in [0.15, 0.2) is 0 Å². The molecule has 0 aromatic heterocycles. The molecule has 0 aromatic rings. The van der Waals surface area contributed by atoms with E-state index in [9.17, 15) is 4.79 Å². The molecule has 1 aliphatic carbocycles. The third-order valence-electron chi connectivity index (χ3n) is 2.10. The molecule has 0 radical (unpaired) electrons. The van der Waals surface area contributed by atoms with E-state index in [1.165, 1.54) is 0 Å². The number of rotatable bonds is 1. The number of carbonyl (C=O) groups is 1. The molecule has 2 nitrogen and oxygen atoms in total. The van der Waals surface area contributed by atoms with Crippen LogP contribution in [0.25, 0.3) is 0 Å². The SMILES string of the molecule is C.CC1C=CC(C(=O)O)=CC1C. The summed E-state index contributed by atoms with van der Waals surface area (Å²) >= 11 is 0. The zero-order valence-electron chi connectivity index (χ0n) is 6.74. The Balaban J connectivity index is 0.00000121. The monoisotopic (exact) mass is 168 g/mol. The molecule has 68 valence electrons. The summed E-state index contributed by atoms with van der Waals surface area (Å²) in [7, 11) is 0. The smallest absolute Gasteiger partial charge is 0.335 e. The standard InChI is InChI=1S/C9H12O2.CH4/c1-6-3-4-8(9(10)11)5-7(6)2;/h3-7H,1-2H3,(H,10,11);1H4. The van der Waals surface area contributed by atoms with E-state index in [0.29, 0.717) is 17.4 Å². The molecule has 0 aromatic carbocycles. The maximum absolute atomic E-state index is 10.5. The first-order valence-electron chi connectivity index (χ1n) is 3.74. The molecule has 0 fully saturated rings. The van der Waals surface area contributed by atoms with Crippen LogP contribution in [0.5, 0.6) is 0 Å². The van der Waals surface area contributed by atoms with Crippen molar-refractivity contribution in [1.29, 1.82) is 0 Å². The molecule has 0 heterocycles. The largest absolute Gasteiger partial charge is 0.478 e. The molecular weight excluding hydrogens is 152 g/mol. The van der Waals surface area contributed by atoms with Crippen LogP contribution in [-0.2, 0) is 4.79 Å². The van der Waals surface area contributed by atoms with Gasteiger partial charge < -0.3 is 5.11 Å². The average Bonchev–Trinajstić information content (AvgIpc) is 1.94. The van der Waals surface area contributed by atoms with Gasteiger partial charge in [-0.3, -0.25) is 0 Å². The van der Waals surface area contributed by atoms with E-state index in [1.54, 1.807) is 12.2 Å². The molecule has 2 heteroatoms. The Labute approximate surface area is 73.6 Å². The first-order chi connectivity index (χ1) is 5.11. The summed E-state index contributed by atoms with van der Waals surface area (Å²) in [6.07, 6.45) is 5.41. The van der Waals surface area contributed by atoms with Gasteiger partial charge in [0.1, 0.15) is 0 Å². The van der Waals surface area contributed by atoms with E-state index in [4.69, 9.17) is 5.11 Å². The Morgan fingerprint density at radius 3 is 2.42 bits per heavy atom. The third-order valence-corrected chi connectivity index (χ3v) is 2.10. The zero-order chi connectivity index (χ0) is 8.43. The van der Waals surface area contributed by atoms with Crippen molar-refractivity contribution in [3.05, 3.63) is 23.8 Å². The predicted octanol–water partition coefficient (Wildman–Crippen LogP) is 2.48. The molecule has 0 saturated heterocycles. The molecule has 0 amide bonds. The van der Waals surface area contributed by atoms with Crippen LogP contribution in [0.2, 0.25) is 0 Å². The fraction of sp³-hybridized carbons (Fsp3) is 0.500. The van der Waals surface area contributed by atoms with E-state index < -0.39 is 5.97 Å². The summed E-state index contributed by atoms with van der Waals surface area (Å²) in [5.74, 6) is -0.0378. The summed E-state index contributed by atoms with van der Waals surface area (Å²) in [5.41, 5.74) is 0.413. The lowest BCUT2D eigenvalue weighted by Gasteiger charge is -2.16. The summed E-state index contributed by atoms with van der Waals surface area (Å²) in [6.45, 7) is 4.10. The van der Waals surface area contributed by atoms with E-state index in [0.717, 1.165) is 0 Å². The van der Waals surface area contributed by atoms with Gasteiger partial charge in [0.2, 0.25) is 0 Å². The number of hydrogen-bond donors (Lipinski definition) is 1. The molecule has 0 bridgehead atoms. The van der Waals surface area contributed by atoms with Crippen LogP contribution >= 0.6 is 0 Å². The maximum Gasteiger partial charge on any atom is 0.335 e. The van der Waals surface area contributed by atoms with Crippen LogP contribution < -0.4 is 0 Å². The molecule has 1 rings (SSSR count). The lowest BCUT2D eigenvalue weighted by atomic mass is 9.89. The van der Waals surface area contributed by atoms with Crippen molar-refractivity contribution in [3.8, 4) is 0 Å². The van der Waals surface area contributed by atoms with E-state index in [1.807, 2.05) is 13.0 Å². The third kappa shape index (κ3) is 2.22.